The van der Waals surface area contributed by atoms with Crippen LogP contribution in [0.4, 0.5) is 4.39 Å². The highest BCUT2D eigenvalue weighted by molar-refractivity contribution is 9.09. The van der Waals surface area contributed by atoms with E-state index >= 15 is 0 Å². The largest absolute Gasteiger partial charge is 0.387 e. The summed E-state index contributed by atoms with van der Waals surface area (Å²) in [6, 6.07) is 0. The summed E-state index contributed by atoms with van der Waals surface area (Å²) in [5, 5.41) is 11.1. The van der Waals surface area contributed by atoms with Gasteiger partial charge in [-0.2, -0.15) is 0 Å². The number of fused-ring (bicyclic) bond motifs is 3. The molecule has 0 aromatic rings. The van der Waals surface area contributed by atoms with Gasteiger partial charge in [-0.15, -0.1) is 0 Å². The zero-order valence-electron chi connectivity index (χ0n) is 16.5. The van der Waals surface area contributed by atoms with Crippen LogP contribution in [0.15, 0.2) is 0 Å². The smallest absolute Gasteiger partial charge is 0.147 e. The van der Waals surface area contributed by atoms with Crippen molar-refractivity contribution >= 4 is 21.7 Å². The van der Waals surface area contributed by atoms with E-state index in [2.05, 4.69) is 22.9 Å². The summed E-state index contributed by atoms with van der Waals surface area (Å²) in [7, 11) is 0. The topological polar surface area (TPSA) is 37.3 Å². The molecule has 3 rings (SSSR count). The second-order valence-electron chi connectivity index (χ2n) is 9.80. The molecule has 2 nitrogen and oxygen atoms in total. The molecule has 0 heterocycles. The van der Waals surface area contributed by atoms with E-state index in [-0.39, 0.29) is 11.3 Å². The van der Waals surface area contributed by atoms with Crippen LogP contribution in [0.1, 0.15) is 78.1 Å². The van der Waals surface area contributed by atoms with Crippen LogP contribution in [0.5, 0.6) is 0 Å². The van der Waals surface area contributed by atoms with Crippen molar-refractivity contribution in [3.8, 4) is 0 Å². The van der Waals surface area contributed by atoms with Crippen molar-refractivity contribution in [3.63, 3.8) is 0 Å². The van der Waals surface area contributed by atoms with Crippen molar-refractivity contribution in [1.82, 2.24) is 0 Å². The third-order valence-corrected chi connectivity index (χ3v) is 8.84. The second kappa shape index (κ2) is 8.19. The Labute approximate surface area is 166 Å². The molecule has 0 spiro atoms. The standard InChI is InChI=1S/C22H36BrFO2/c1-3-9-22(26,14-24)12-15-4-5-17-16(11-15)8-10-21(2)18(17)6-7-19(21)20(25)13-23/h15-19,26H,3-14H2,1-2H3/t15-,16+,17+,18-,19+,21-,22-/m0/s1. The molecule has 26 heavy (non-hydrogen) atoms. The van der Waals surface area contributed by atoms with E-state index in [1.807, 2.05) is 6.92 Å². The Morgan fingerprint density at radius 2 is 2.04 bits per heavy atom. The van der Waals surface area contributed by atoms with Crippen LogP contribution >= 0.6 is 15.9 Å². The molecule has 0 aliphatic heterocycles. The van der Waals surface area contributed by atoms with Crippen molar-refractivity contribution in [1.29, 1.82) is 0 Å². The predicted molar refractivity (Wildman–Crippen MR) is 107 cm³/mol. The Kier molecular flexibility index (Phi) is 6.54. The van der Waals surface area contributed by atoms with Gasteiger partial charge in [0.25, 0.3) is 0 Å². The third kappa shape index (κ3) is 3.79. The number of hydrogen-bond donors (Lipinski definition) is 1. The van der Waals surface area contributed by atoms with Crippen molar-refractivity contribution in [2.24, 2.45) is 35.0 Å². The molecule has 0 unspecified atom stereocenters. The molecule has 0 aromatic carbocycles. The first kappa shape index (κ1) is 20.8. The number of carbonyl (C=O) groups is 1. The Balaban J connectivity index is 1.65. The van der Waals surface area contributed by atoms with Gasteiger partial charge in [0, 0.05) is 5.92 Å². The first-order valence-corrected chi connectivity index (χ1v) is 11.9. The molecule has 0 radical (unpaired) electrons. The third-order valence-electron chi connectivity index (χ3n) is 8.28. The molecule has 3 fully saturated rings. The van der Waals surface area contributed by atoms with Gasteiger partial charge in [-0.1, -0.05) is 42.6 Å². The summed E-state index contributed by atoms with van der Waals surface area (Å²) in [6.07, 6.45) is 10.2. The van der Waals surface area contributed by atoms with Gasteiger partial charge >= 0.3 is 0 Å². The van der Waals surface area contributed by atoms with Gasteiger partial charge in [-0.3, -0.25) is 4.79 Å². The number of hydrogen-bond acceptors (Lipinski definition) is 2. The lowest BCUT2D eigenvalue weighted by molar-refractivity contribution is -0.126. The molecule has 0 saturated heterocycles. The highest BCUT2D eigenvalue weighted by Crippen LogP contribution is 2.62. The normalized spacial score (nSPS) is 42.0. The van der Waals surface area contributed by atoms with Gasteiger partial charge in [0.15, 0.2) is 0 Å². The molecule has 0 aromatic heterocycles. The summed E-state index contributed by atoms with van der Waals surface area (Å²) < 4.78 is 13.4. The van der Waals surface area contributed by atoms with E-state index < -0.39 is 12.3 Å². The fourth-order valence-corrected chi connectivity index (χ4v) is 7.49. The minimum atomic E-state index is -1.10. The van der Waals surface area contributed by atoms with E-state index in [0.717, 1.165) is 43.9 Å². The number of carbonyl (C=O) groups excluding carboxylic acids is 1. The van der Waals surface area contributed by atoms with Crippen molar-refractivity contribution in [2.45, 2.75) is 83.7 Å². The van der Waals surface area contributed by atoms with Gasteiger partial charge in [0.1, 0.15) is 12.5 Å². The lowest BCUT2D eigenvalue weighted by atomic mass is 9.53. The molecule has 4 heteroatoms. The fourth-order valence-electron chi connectivity index (χ4n) is 7.10. The zero-order valence-corrected chi connectivity index (χ0v) is 18.1. The van der Waals surface area contributed by atoms with E-state index in [0.29, 0.717) is 35.8 Å². The summed E-state index contributed by atoms with van der Waals surface area (Å²) in [6.45, 7) is 3.79. The molecular formula is C22H36BrFO2. The molecule has 3 aliphatic carbocycles. The van der Waals surface area contributed by atoms with Crippen molar-refractivity contribution in [2.75, 3.05) is 12.0 Å². The number of halogens is 2. The number of rotatable bonds is 7. The van der Waals surface area contributed by atoms with Gasteiger partial charge in [0.05, 0.1) is 10.9 Å². The number of alkyl halides is 2. The number of ketones is 1. The van der Waals surface area contributed by atoms with Gasteiger partial charge < -0.3 is 5.11 Å². The van der Waals surface area contributed by atoms with Crippen LogP contribution in [-0.2, 0) is 4.79 Å². The maximum absolute atomic E-state index is 13.4. The van der Waals surface area contributed by atoms with E-state index in [1.54, 1.807) is 0 Å². The first-order chi connectivity index (χ1) is 12.4. The average molecular weight is 431 g/mol. The van der Waals surface area contributed by atoms with Crippen LogP contribution < -0.4 is 0 Å². The zero-order chi connectivity index (χ0) is 18.9. The molecule has 0 amide bonds. The summed E-state index contributed by atoms with van der Waals surface area (Å²) in [4.78, 5) is 12.4. The maximum Gasteiger partial charge on any atom is 0.147 e. The SMILES string of the molecule is CCC[C@@](O)(CF)C[C@H]1CC[C@@H]2[C@H](CC[C@]3(C)[C@@H](C(=O)CBr)CC[C@@H]23)C1. The summed E-state index contributed by atoms with van der Waals surface area (Å²) in [5.41, 5.74) is -0.906. The fraction of sp³-hybridized carbons (Fsp3) is 0.955. The molecule has 3 saturated carbocycles. The second-order valence-corrected chi connectivity index (χ2v) is 10.4. The van der Waals surface area contributed by atoms with Crippen molar-refractivity contribution < 1.29 is 14.3 Å². The summed E-state index contributed by atoms with van der Waals surface area (Å²) in [5.74, 6) is 3.25. The maximum atomic E-state index is 13.4. The summed E-state index contributed by atoms with van der Waals surface area (Å²) >= 11 is 3.39. The molecule has 3 aliphatic rings. The lowest BCUT2D eigenvalue weighted by Gasteiger charge is -2.52. The van der Waals surface area contributed by atoms with Crippen LogP contribution in [0.3, 0.4) is 0 Å². The minimum absolute atomic E-state index is 0.195. The van der Waals surface area contributed by atoms with Gasteiger partial charge in [-0.05, 0) is 80.5 Å². The molecule has 150 valence electrons. The predicted octanol–water partition coefficient (Wildman–Crippen LogP) is 5.70. The van der Waals surface area contributed by atoms with E-state index in [4.69, 9.17) is 0 Å². The molecular weight excluding hydrogens is 395 g/mol. The Morgan fingerprint density at radius 1 is 1.27 bits per heavy atom. The Morgan fingerprint density at radius 3 is 2.69 bits per heavy atom. The Hall–Kier alpha value is 0.0400. The van der Waals surface area contributed by atoms with Gasteiger partial charge in [0.2, 0.25) is 0 Å². The average Bonchev–Trinajstić information content (AvgIpc) is 2.98. The lowest BCUT2D eigenvalue weighted by Crippen LogP contribution is -2.46. The highest BCUT2D eigenvalue weighted by Gasteiger charge is 2.56. The van der Waals surface area contributed by atoms with E-state index in [9.17, 15) is 14.3 Å². The molecule has 0 bridgehead atoms. The number of aliphatic hydroxyl groups is 1. The van der Waals surface area contributed by atoms with Crippen LogP contribution in [0, 0.1) is 35.0 Å². The highest BCUT2D eigenvalue weighted by atomic mass is 79.9. The molecule has 1 N–H and O–H groups in total. The van der Waals surface area contributed by atoms with Gasteiger partial charge in [-0.25, -0.2) is 4.39 Å². The first-order valence-electron chi connectivity index (χ1n) is 10.7. The number of Topliss-reactive ketones (excluding diaryl/α,β-unsaturated/α-hetero) is 1. The molecule has 7 atom stereocenters. The minimum Gasteiger partial charge on any atom is -0.387 e. The monoisotopic (exact) mass is 430 g/mol. The van der Waals surface area contributed by atoms with Crippen LogP contribution in [0.2, 0.25) is 0 Å². The van der Waals surface area contributed by atoms with Crippen LogP contribution in [0.25, 0.3) is 0 Å². The van der Waals surface area contributed by atoms with Crippen molar-refractivity contribution in [3.05, 3.63) is 0 Å². The Bertz CT molecular complexity index is 512. The van der Waals surface area contributed by atoms with Crippen LogP contribution in [-0.4, -0.2) is 28.5 Å². The van der Waals surface area contributed by atoms with E-state index in [1.165, 1.54) is 19.3 Å². The quantitative estimate of drug-likeness (QED) is 0.525.